The van der Waals surface area contributed by atoms with Crippen molar-refractivity contribution in [3.63, 3.8) is 0 Å². The Kier molecular flexibility index (Phi) is 6.41. The minimum absolute atomic E-state index is 0.109. The molecule has 1 saturated heterocycles. The molecule has 2 aromatic rings. The third-order valence-corrected chi connectivity index (χ3v) is 7.66. The van der Waals surface area contributed by atoms with Crippen molar-refractivity contribution in [3.05, 3.63) is 62.5 Å². The first-order valence-corrected chi connectivity index (χ1v) is 12.7. The molecule has 6 heteroatoms. The second-order valence-corrected chi connectivity index (χ2v) is 11.5. The van der Waals surface area contributed by atoms with Crippen LogP contribution in [-0.4, -0.2) is 22.7 Å². The van der Waals surface area contributed by atoms with Gasteiger partial charge in [-0.1, -0.05) is 24.6 Å². The van der Waals surface area contributed by atoms with Crippen LogP contribution in [0.2, 0.25) is 5.02 Å². The molecule has 0 aliphatic carbocycles. The summed E-state index contributed by atoms with van der Waals surface area (Å²) in [4.78, 5) is 20.5. The number of carbonyl (C=O) groups excluding carboxylic acids is 1. The van der Waals surface area contributed by atoms with Gasteiger partial charge in [0.1, 0.15) is 0 Å². The normalized spacial score (nSPS) is 22.3. The van der Waals surface area contributed by atoms with Crippen molar-refractivity contribution >= 4 is 51.9 Å². The van der Waals surface area contributed by atoms with Gasteiger partial charge in [0.25, 0.3) is 5.91 Å². The van der Waals surface area contributed by atoms with Crippen molar-refractivity contribution in [1.29, 1.82) is 0 Å². The Hall–Kier alpha value is -2.24. The fraction of sp³-hybridized carbons (Fsp3) is 0.407. The molecule has 0 radical (unpaired) electrons. The maximum Gasteiger partial charge on any atom is 0.264 e. The summed E-state index contributed by atoms with van der Waals surface area (Å²) in [6, 6.07) is 10.6. The Morgan fingerprint density at radius 3 is 2.64 bits per heavy atom. The van der Waals surface area contributed by atoms with Crippen molar-refractivity contribution in [1.82, 2.24) is 5.32 Å². The maximum absolute atomic E-state index is 12.7. The lowest BCUT2D eigenvalue weighted by atomic mass is 9.78. The van der Waals surface area contributed by atoms with Gasteiger partial charge >= 0.3 is 0 Å². The number of amides is 1. The van der Waals surface area contributed by atoms with Gasteiger partial charge in [-0.2, -0.15) is 0 Å². The molecule has 174 valence electrons. The number of halogens is 1. The van der Waals surface area contributed by atoms with Crippen molar-refractivity contribution in [3.8, 4) is 0 Å². The molecule has 1 atom stereocenters. The van der Waals surface area contributed by atoms with Crippen LogP contribution < -0.4 is 10.2 Å². The minimum Gasteiger partial charge on any atom is -0.364 e. The third-order valence-electron chi connectivity index (χ3n) is 6.51. The lowest BCUT2D eigenvalue weighted by molar-refractivity contribution is -0.115. The van der Waals surface area contributed by atoms with Crippen molar-refractivity contribution in [2.24, 2.45) is 4.99 Å². The van der Waals surface area contributed by atoms with Crippen LogP contribution in [0, 0.1) is 13.8 Å². The quantitative estimate of drug-likeness (QED) is 0.466. The van der Waals surface area contributed by atoms with Crippen LogP contribution in [0.1, 0.15) is 69.2 Å². The highest BCUT2D eigenvalue weighted by molar-refractivity contribution is 8.18. The fourth-order valence-corrected chi connectivity index (χ4v) is 6.17. The van der Waals surface area contributed by atoms with E-state index in [1.807, 2.05) is 31.2 Å². The predicted molar refractivity (Wildman–Crippen MR) is 143 cm³/mol. The molecule has 2 aliphatic rings. The zero-order valence-corrected chi connectivity index (χ0v) is 22.0. The van der Waals surface area contributed by atoms with E-state index >= 15 is 0 Å². The first-order chi connectivity index (χ1) is 15.5. The lowest BCUT2D eigenvalue weighted by Gasteiger charge is -2.50. The highest BCUT2D eigenvalue weighted by Gasteiger charge is 2.38. The molecule has 1 unspecified atom stereocenters. The number of hydrogen-bond donors (Lipinski definition) is 1. The average molecular weight is 482 g/mol. The standard InChI is InChI=1S/C27H32ClN3OS/c1-15(2)31-23-10-17(4)19(11-21(23)18(5)14-27(31,6)7)12-24-25(32)30-26(33-24)29-22-13-20(28)9-8-16(22)3/h8-13,15,18H,14H2,1-7H3,(H,29,30,32)/b24-12-. The molecule has 2 heterocycles. The van der Waals surface area contributed by atoms with Gasteiger partial charge in [-0.3, -0.25) is 4.79 Å². The minimum atomic E-state index is -0.117. The molecule has 2 aromatic carbocycles. The molecular formula is C27H32ClN3OS. The highest BCUT2D eigenvalue weighted by atomic mass is 35.5. The summed E-state index contributed by atoms with van der Waals surface area (Å²) in [6.07, 6.45) is 3.09. The number of hydrogen-bond acceptors (Lipinski definition) is 4. The van der Waals surface area contributed by atoms with E-state index < -0.39 is 0 Å². The number of fused-ring (bicyclic) bond motifs is 1. The van der Waals surface area contributed by atoms with E-state index in [2.05, 4.69) is 68.9 Å². The largest absolute Gasteiger partial charge is 0.364 e. The fourth-order valence-electron chi connectivity index (χ4n) is 5.18. The van der Waals surface area contributed by atoms with E-state index in [4.69, 9.17) is 11.6 Å². The molecular weight excluding hydrogens is 450 g/mol. The van der Waals surface area contributed by atoms with Crippen LogP contribution in [0.25, 0.3) is 6.08 Å². The van der Waals surface area contributed by atoms with Gasteiger partial charge < -0.3 is 10.2 Å². The van der Waals surface area contributed by atoms with Crippen LogP contribution in [-0.2, 0) is 4.79 Å². The van der Waals surface area contributed by atoms with E-state index in [0.717, 1.165) is 23.2 Å². The molecule has 4 rings (SSSR count). The van der Waals surface area contributed by atoms with Gasteiger partial charge in [-0.15, -0.1) is 0 Å². The van der Waals surface area contributed by atoms with Crippen molar-refractivity contribution in [2.45, 2.75) is 72.4 Å². The van der Waals surface area contributed by atoms with Gasteiger partial charge in [-0.05, 0) is 118 Å². The Bertz CT molecular complexity index is 1180. The van der Waals surface area contributed by atoms with Crippen LogP contribution >= 0.6 is 23.4 Å². The number of nitrogens with one attached hydrogen (secondary N) is 1. The summed E-state index contributed by atoms with van der Waals surface area (Å²) in [7, 11) is 0. The number of aliphatic imine (C=N–C) groups is 1. The molecule has 1 amide bonds. The number of nitrogens with zero attached hydrogens (tertiary/aromatic N) is 2. The number of amidine groups is 1. The molecule has 4 nitrogen and oxygen atoms in total. The number of rotatable bonds is 3. The van der Waals surface area contributed by atoms with E-state index in [1.54, 1.807) is 0 Å². The summed E-state index contributed by atoms with van der Waals surface area (Å²) >= 11 is 7.50. The molecule has 2 aliphatic heterocycles. The summed E-state index contributed by atoms with van der Waals surface area (Å²) < 4.78 is 0. The Balaban J connectivity index is 1.69. The Morgan fingerprint density at radius 1 is 1.21 bits per heavy atom. The molecule has 33 heavy (non-hydrogen) atoms. The van der Waals surface area contributed by atoms with E-state index in [9.17, 15) is 4.79 Å². The third kappa shape index (κ3) is 4.71. The van der Waals surface area contributed by atoms with Crippen LogP contribution in [0.4, 0.5) is 11.4 Å². The van der Waals surface area contributed by atoms with E-state index in [1.165, 1.54) is 28.6 Å². The smallest absolute Gasteiger partial charge is 0.264 e. The monoisotopic (exact) mass is 481 g/mol. The predicted octanol–water partition coefficient (Wildman–Crippen LogP) is 7.35. The van der Waals surface area contributed by atoms with E-state index in [0.29, 0.717) is 27.1 Å². The molecule has 0 bridgehead atoms. The van der Waals surface area contributed by atoms with Gasteiger partial charge in [0, 0.05) is 22.3 Å². The molecule has 0 spiro atoms. The van der Waals surface area contributed by atoms with Crippen molar-refractivity contribution < 1.29 is 4.79 Å². The zero-order valence-electron chi connectivity index (χ0n) is 20.4. The molecule has 1 N–H and O–H groups in total. The molecule has 0 aromatic heterocycles. The number of carbonyl (C=O) groups is 1. The maximum atomic E-state index is 12.7. The van der Waals surface area contributed by atoms with Gasteiger partial charge in [0.05, 0.1) is 10.6 Å². The first-order valence-electron chi connectivity index (χ1n) is 11.5. The van der Waals surface area contributed by atoms with Gasteiger partial charge in [-0.25, -0.2) is 4.99 Å². The second kappa shape index (κ2) is 8.84. The summed E-state index contributed by atoms with van der Waals surface area (Å²) in [5.74, 6) is 0.337. The first kappa shape index (κ1) is 23.9. The number of aryl methyl sites for hydroxylation is 2. The van der Waals surface area contributed by atoms with Gasteiger partial charge in [0.2, 0.25) is 0 Å². The zero-order chi connectivity index (χ0) is 24.1. The van der Waals surface area contributed by atoms with Crippen LogP contribution in [0.15, 0.2) is 40.2 Å². The molecule has 1 fully saturated rings. The summed E-state index contributed by atoms with van der Waals surface area (Å²) in [5.41, 5.74) is 6.81. The topological polar surface area (TPSA) is 44.7 Å². The second-order valence-electron chi connectivity index (χ2n) is 10.1. The summed E-state index contributed by atoms with van der Waals surface area (Å²) in [6.45, 7) is 15.6. The SMILES string of the molecule is Cc1cc2c(cc1/C=C1\SC(=Nc3cc(Cl)ccc3C)NC1=O)C(C)CC(C)(C)N2C(C)C. The van der Waals surface area contributed by atoms with Gasteiger partial charge in [0.15, 0.2) is 5.17 Å². The Morgan fingerprint density at radius 2 is 1.94 bits per heavy atom. The number of benzene rings is 2. The number of thioether (sulfide) groups is 1. The average Bonchev–Trinajstić information content (AvgIpc) is 3.03. The highest BCUT2D eigenvalue weighted by Crippen LogP contribution is 2.46. The van der Waals surface area contributed by atoms with Crippen LogP contribution in [0.5, 0.6) is 0 Å². The molecule has 0 saturated carbocycles. The van der Waals surface area contributed by atoms with E-state index in [-0.39, 0.29) is 11.4 Å². The number of anilines is 1. The Labute approximate surface area is 206 Å². The van der Waals surface area contributed by atoms with Crippen LogP contribution in [0.3, 0.4) is 0 Å². The van der Waals surface area contributed by atoms with Crippen molar-refractivity contribution in [2.75, 3.05) is 4.90 Å². The summed E-state index contributed by atoms with van der Waals surface area (Å²) in [5, 5.41) is 4.10. The lowest BCUT2D eigenvalue weighted by Crippen LogP contribution is -2.51.